The number of hydrogen-bond donors (Lipinski definition) is 0. The Bertz CT molecular complexity index is 737. The van der Waals surface area contributed by atoms with Crippen LogP contribution >= 0.6 is 0 Å². The molecule has 4 aliphatic rings. The van der Waals surface area contributed by atoms with Gasteiger partial charge in [-0.05, 0) is 43.4 Å². The van der Waals surface area contributed by atoms with Gasteiger partial charge in [-0.3, -0.25) is 0 Å². The van der Waals surface area contributed by atoms with Crippen LogP contribution in [0.2, 0.25) is 0 Å². The summed E-state index contributed by atoms with van der Waals surface area (Å²) in [5, 5.41) is 0. The van der Waals surface area contributed by atoms with E-state index in [1.54, 1.807) is 0 Å². The van der Waals surface area contributed by atoms with E-state index in [-0.39, 0.29) is 0 Å². The summed E-state index contributed by atoms with van der Waals surface area (Å²) in [7, 11) is 0. The maximum absolute atomic E-state index is 15.1. The van der Waals surface area contributed by atoms with E-state index in [1.807, 2.05) is 0 Å². The van der Waals surface area contributed by atoms with Gasteiger partial charge in [-0.15, -0.1) is 0 Å². The smallest absolute Gasteiger partial charge is 0.244 e. The molecule has 0 spiro atoms. The van der Waals surface area contributed by atoms with Crippen molar-refractivity contribution in [2.45, 2.75) is 81.2 Å². The van der Waals surface area contributed by atoms with Gasteiger partial charge in [0.2, 0.25) is 0 Å². The highest BCUT2D eigenvalue weighted by atomic mass is 19.4. The van der Waals surface area contributed by atoms with Crippen LogP contribution < -0.4 is 0 Å². The molecule has 0 aromatic rings. The van der Waals surface area contributed by atoms with Crippen molar-refractivity contribution in [3.63, 3.8) is 0 Å². The average Bonchev–Trinajstić information content (AvgIpc) is 3.07. The van der Waals surface area contributed by atoms with Crippen LogP contribution in [0.3, 0.4) is 0 Å². The van der Waals surface area contributed by atoms with Crippen molar-refractivity contribution in [2.75, 3.05) is 0 Å². The molecule has 34 heavy (non-hydrogen) atoms. The highest BCUT2D eigenvalue weighted by molar-refractivity contribution is 5.16. The lowest BCUT2D eigenvalue weighted by Crippen LogP contribution is -2.55. The maximum atomic E-state index is 15.1. The second-order valence-corrected chi connectivity index (χ2v) is 10.3. The van der Waals surface area contributed by atoms with E-state index in [1.165, 1.54) is 0 Å². The van der Waals surface area contributed by atoms with Crippen molar-refractivity contribution < 1.29 is 57.1 Å². The molecule has 0 N–H and O–H groups in total. The summed E-state index contributed by atoms with van der Waals surface area (Å²) in [6, 6.07) is 0. The minimum absolute atomic E-state index is 0.780. The van der Waals surface area contributed by atoms with Crippen LogP contribution in [0, 0.1) is 47.3 Å². The van der Waals surface area contributed by atoms with Gasteiger partial charge >= 0.3 is 12.4 Å². The molecule has 0 saturated heterocycles. The van der Waals surface area contributed by atoms with Crippen molar-refractivity contribution in [2.24, 2.45) is 47.3 Å². The summed E-state index contributed by atoms with van der Waals surface area (Å²) >= 11 is 0. The number of halogens is 13. The second-order valence-electron chi connectivity index (χ2n) is 10.3. The van der Waals surface area contributed by atoms with Gasteiger partial charge < -0.3 is 0 Å². The minimum atomic E-state index is -5.23. The Morgan fingerprint density at radius 3 is 1.44 bits per heavy atom. The zero-order valence-electron chi connectivity index (χ0n) is 17.4. The van der Waals surface area contributed by atoms with Gasteiger partial charge in [-0.1, -0.05) is 0 Å². The minimum Gasteiger partial charge on any atom is -0.244 e. The van der Waals surface area contributed by atoms with E-state index >= 15 is 4.39 Å². The van der Waals surface area contributed by atoms with E-state index in [0.29, 0.717) is 0 Å². The molecule has 4 aliphatic carbocycles. The summed E-state index contributed by atoms with van der Waals surface area (Å²) in [6.07, 6.45) is -34.2. The molecule has 0 aromatic heterocycles. The van der Waals surface area contributed by atoms with Crippen molar-refractivity contribution >= 4 is 0 Å². The van der Waals surface area contributed by atoms with Crippen LogP contribution in [0.25, 0.3) is 0 Å². The zero-order chi connectivity index (χ0) is 25.5. The summed E-state index contributed by atoms with van der Waals surface area (Å²) in [4.78, 5) is 0. The van der Waals surface area contributed by atoms with E-state index < -0.39 is 129 Å². The van der Waals surface area contributed by atoms with Crippen LogP contribution in [0.15, 0.2) is 0 Å². The van der Waals surface area contributed by atoms with Crippen molar-refractivity contribution in [1.29, 1.82) is 0 Å². The predicted octanol–water partition coefficient (Wildman–Crippen LogP) is 7.02. The standard InChI is InChI=1S/C21H23F13/c22-9-4-7-10(6-2-1-5(20(29,30)31)3-8(6)21(32,33)34)12-13(11(7)15(24)14(9)23)17(26)19(28)18(27)16(12)25/h5-19H,1-4H2. The Morgan fingerprint density at radius 1 is 0.441 bits per heavy atom. The van der Waals surface area contributed by atoms with Crippen LogP contribution in [0.4, 0.5) is 57.1 Å². The topological polar surface area (TPSA) is 0 Å². The summed E-state index contributed by atoms with van der Waals surface area (Å²) in [5.74, 6) is -16.2. The number of hydrogen-bond acceptors (Lipinski definition) is 0. The largest absolute Gasteiger partial charge is 0.392 e. The first-order valence-corrected chi connectivity index (χ1v) is 11.2. The quantitative estimate of drug-likeness (QED) is 0.325. The van der Waals surface area contributed by atoms with Gasteiger partial charge in [-0.25, -0.2) is 30.7 Å². The first kappa shape index (κ1) is 26.2. The molecule has 4 fully saturated rings. The van der Waals surface area contributed by atoms with Gasteiger partial charge in [0.05, 0.1) is 11.8 Å². The molecular formula is C21H23F13. The molecule has 4 rings (SSSR count). The molecule has 0 aliphatic heterocycles. The predicted molar refractivity (Wildman–Crippen MR) is 92.8 cm³/mol. The van der Waals surface area contributed by atoms with E-state index in [4.69, 9.17) is 0 Å². The fourth-order valence-corrected chi connectivity index (χ4v) is 7.46. The van der Waals surface area contributed by atoms with Gasteiger partial charge in [-0.2, -0.15) is 26.3 Å². The third-order valence-electron chi connectivity index (χ3n) is 8.77. The molecule has 0 amide bonds. The van der Waals surface area contributed by atoms with Gasteiger partial charge in [0.25, 0.3) is 0 Å². The number of alkyl halides is 13. The summed E-state index contributed by atoms with van der Waals surface area (Å²) < 4.78 is 183. The average molecular weight is 522 g/mol. The number of fused-ring (bicyclic) bond motifs is 3. The first-order valence-electron chi connectivity index (χ1n) is 11.2. The number of rotatable bonds is 1. The molecule has 0 aromatic carbocycles. The first-order chi connectivity index (χ1) is 15.6. The Hall–Kier alpha value is -0.910. The molecule has 15 unspecified atom stereocenters. The molecule has 13 heteroatoms. The molecule has 15 atom stereocenters. The fourth-order valence-electron chi connectivity index (χ4n) is 7.46. The monoisotopic (exact) mass is 522 g/mol. The fraction of sp³-hybridized carbons (Fsp3) is 1.00. The van der Waals surface area contributed by atoms with Crippen LogP contribution in [0.5, 0.6) is 0 Å². The van der Waals surface area contributed by atoms with E-state index in [2.05, 4.69) is 0 Å². The lowest BCUT2D eigenvalue weighted by atomic mass is 9.61. The third-order valence-corrected chi connectivity index (χ3v) is 8.77. The lowest BCUT2D eigenvalue weighted by molar-refractivity contribution is -0.243. The Balaban J connectivity index is 1.78. The molecule has 198 valence electrons. The summed E-state index contributed by atoms with van der Waals surface area (Å²) in [6.45, 7) is 0. The molecule has 0 nitrogen and oxygen atoms in total. The highest BCUT2D eigenvalue weighted by Gasteiger charge is 2.70. The second kappa shape index (κ2) is 8.59. The normalized spacial score (nSPS) is 54.4. The van der Waals surface area contributed by atoms with Gasteiger partial charge in [0.15, 0.2) is 18.5 Å². The third kappa shape index (κ3) is 3.98. The Kier molecular flexibility index (Phi) is 6.61. The van der Waals surface area contributed by atoms with Crippen molar-refractivity contribution in [1.82, 2.24) is 0 Å². The molecular weight excluding hydrogens is 499 g/mol. The highest BCUT2D eigenvalue weighted by Crippen LogP contribution is 2.65. The molecule has 0 heterocycles. The van der Waals surface area contributed by atoms with Crippen molar-refractivity contribution in [3.8, 4) is 0 Å². The summed E-state index contributed by atoms with van der Waals surface area (Å²) in [5.41, 5.74) is 0. The molecule has 0 bridgehead atoms. The van der Waals surface area contributed by atoms with Gasteiger partial charge in [0, 0.05) is 17.8 Å². The SMILES string of the molecule is FC1CC2C(C(F)C1F)C1C(F)C(F)C(F)C(F)C1C2C1CCC(C(F)(F)F)CC1C(F)(F)F. The lowest BCUT2D eigenvalue weighted by Gasteiger charge is -2.46. The van der Waals surface area contributed by atoms with Crippen LogP contribution in [0.1, 0.15) is 25.7 Å². The Morgan fingerprint density at radius 2 is 0.941 bits per heavy atom. The zero-order valence-corrected chi connectivity index (χ0v) is 17.4. The van der Waals surface area contributed by atoms with E-state index in [0.717, 1.165) is 0 Å². The van der Waals surface area contributed by atoms with Crippen LogP contribution in [-0.2, 0) is 0 Å². The molecule has 0 radical (unpaired) electrons. The van der Waals surface area contributed by atoms with Gasteiger partial charge in [0.1, 0.15) is 24.7 Å². The molecule has 4 saturated carbocycles. The van der Waals surface area contributed by atoms with Crippen molar-refractivity contribution in [3.05, 3.63) is 0 Å². The van der Waals surface area contributed by atoms with Crippen LogP contribution in [-0.4, -0.2) is 55.6 Å². The maximum Gasteiger partial charge on any atom is 0.392 e. The van der Waals surface area contributed by atoms with E-state index in [9.17, 15) is 52.7 Å². The Labute approximate surface area is 186 Å².